The molecule has 0 unspecified atom stereocenters. The molecule has 5 heteroatoms. The van der Waals surface area contributed by atoms with E-state index in [1.54, 1.807) is 0 Å². The van der Waals surface area contributed by atoms with E-state index >= 15 is 0 Å². The van der Waals surface area contributed by atoms with Crippen molar-refractivity contribution in [2.24, 2.45) is 5.73 Å². The van der Waals surface area contributed by atoms with Gasteiger partial charge in [0.1, 0.15) is 0 Å². The second-order valence-electron chi connectivity index (χ2n) is 3.58. The molecule has 1 heterocycles. The van der Waals surface area contributed by atoms with Crippen molar-refractivity contribution in [3.8, 4) is 0 Å². The van der Waals surface area contributed by atoms with Crippen LogP contribution in [0.25, 0.3) is 10.9 Å². The van der Waals surface area contributed by atoms with Crippen molar-refractivity contribution < 1.29 is 0 Å². The van der Waals surface area contributed by atoms with Crippen LogP contribution < -0.4 is 5.73 Å². The van der Waals surface area contributed by atoms with E-state index in [1.807, 2.05) is 12.1 Å². The van der Waals surface area contributed by atoms with Crippen LogP contribution >= 0.6 is 39.9 Å². The molecule has 0 bridgehead atoms. The molecule has 0 aliphatic heterocycles. The number of rotatable bonds is 2. The lowest BCUT2D eigenvalue weighted by Crippen LogP contribution is -2.03. The predicted molar refractivity (Wildman–Crippen MR) is 75.8 cm³/mol. The van der Waals surface area contributed by atoms with Gasteiger partial charge in [0.25, 0.3) is 0 Å². The lowest BCUT2D eigenvalue weighted by atomic mass is 10.1. The van der Waals surface area contributed by atoms with Crippen LogP contribution in [0.3, 0.4) is 0 Å². The van der Waals surface area contributed by atoms with E-state index in [2.05, 4.69) is 27.8 Å². The van der Waals surface area contributed by atoms with Crippen molar-refractivity contribution in [1.82, 2.24) is 4.98 Å². The maximum atomic E-state index is 6.03. The zero-order valence-electron chi connectivity index (χ0n) is 8.81. The molecule has 0 saturated carbocycles. The highest BCUT2D eigenvalue weighted by Gasteiger charge is 2.10. The van der Waals surface area contributed by atoms with Crippen LogP contribution in [0, 0.1) is 6.92 Å². The summed E-state index contributed by atoms with van der Waals surface area (Å²) in [6.45, 7) is 2.71. The average Bonchev–Trinajstić information content (AvgIpc) is 2.46. The second-order valence-corrected chi connectivity index (χ2v) is 4.87. The molecular weight excluding hydrogens is 311 g/mol. The maximum Gasteiger partial charge on any atom is 0.0604 e. The Bertz CT molecular complexity index is 508. The minimum atomic E-state index is 0. The molecule has 2 aromatic rings. The molecule has 0 fully saturated rings. The van der Waals surface area contributed by atoms with Crippen molar-refractivity contribution >= 4 is 50.8 Å². The molecule has 1 aromatic carbocycles. The Kier molecular flexibility index (Phi) is 4.68. The van der Waals surface area contributed by atoms with Gasteiger partial charge in [-0.2, -0.15) is 0 Å². The molecule has 0 spiro atoms. The van der Waals surface area contributed by atoms with Crippen molar-refractivity contribution in [3.63, 3.8) is 0 Å². The fourth-order valence-corrected chi connectivity index (χ4v) is 2.78. The Balaban J connectivity index is 0.00000128. The molecule has 3 N–H and O–H groups in total. The number of fused-ring (bicyclic) bond motifs is 1. The van der Waals surface area contributed by atoms with E-state index in [0.29, 0.717) is 6.54 Å². The van der Waals surface area contributed by atoms with E-state index in [-0.39, 0.29) is 12.4 Å². The highest BCUT2D eigenvalue weighted by molar-refractivity contribution is 9.10. The highest BCUT2D eigenvalue weighted by atomic mass is 79.9. The second kappa shape index (κ2) is 5.41. The third-order valence-corrected chi connectivity index (χ3v) is 3.38. The fourth-order valence-electron chi connectivity index (χ4n) is 1.87. The molecule has 0 saturated heterocycles. The molecule has 0 amide bonds. The molecule has 1 aromatic heterocycles. The number of aromatic nitrogens is 1. The standard InChI is InChI=1S/C11H12BrClN2.ClH/c1-6-8(2-3-14)9-4-7(13)5-10(12)11(9)15-6;/h4-5,15H,2-3,14H2,1H3;1H. The largest absolute Gasteiger partial charge is 0.357 e. The van der Waals surface area contributed by atoms with Gasteiger partial charge in [-0.15, -0.1) is 12.4 Å². The molecule has 2 nitrogen and oxygen atoms in total. The summed E-state index contributed by atoms with van der Waals surface area (Å²) >= 11 is 9.53. The number of halogens is 3. The molecule has 0 atom stereocenters. The number of H-pyrrole nitrogens is 1. The summed E-state index contributed by atoms with van der Waals surface area (Å²) in [5.74, 6) is 0. The third kappa shape index (κ3) is 2.38. The molecule has 16 heavy (non-hydrogen) atoms. The Morgan fingerprint density at radius 3 is 2.75 bits per heavy atom. The molecule has 0 aliphatic carbocycles. The van der Waals surface area contributed by atoms with E-state index in [4.69, 9.17) is 17.3 Å². The normalized spacial score (nSPS) is 10.5. The number of nitrogens with two attached hydrogens (primary N) is 1. The lowest BCUT2D eigenvalue weighted by molar-refractivity contribution is 0.963. The number of hydrogen-bond acceptors (Lipinski definition) is 1. The predicted octanol–water partition coefficient (Wildman–Crippen LogP) is 3.82. The summed E-state index contributed by atoms with van der Waals surface area (Å²) in [4.78, 5) is 3.35. The third-order valence-electron chi connectivity index (χ3n) is 2.54. The van der Waals surface area contributed by atoms with Gasteiger partial charge in [-0.3, -0.25) is 0 Å². The fraction of sp³-hybridized carbons (Fsp3) is 0.273. The Hall–Kier alpha value is -0.220. The minimum absolute atomic E-state index is 0. The van der Waals surface area contributed by atoms with E-state index in [1.165, 1.54) is 11.3 Å². The molecule has 0 radical (unpaired) electrons. The SMILES string of the molecule is Cc1[nH]c2c(Br)cc(Cl)cc2c1CCN.Cl. The Morgan fingerprint density at radius 2 is 2.12 bits per heavy atom. The average molecular weight is 324 g/mol. The van der Waals surface area contributed by atoms with Crippen LogP contribution in [0.15, 0.2) is 16.6 Å². The van der Waals surface area contributed by atoms with E-state index in [0.717, 1.165) is 26.8 Å². The van der Waals surface area contributed by atoms with Crippen molar-refractivity contribution in [2.45, 2.75) is 13.3 Å². The van der Waals surface area contributed by atoms with Gasteiger partial charge in [-0.05, 0) is 53.5 Å². The number of nitrogens with one attached hydrogen (secondary N) is 1. The van der Waals surface area contributed by atoms with Crippen LogP contribution in [0.2, 0.25) is 5.02 Å². The minimum Gasteiger partial charge on any atom is -0.357 e. The number of aromatic amines is 1. The van der Waals surface area contributed by atoms with Crippen LogP contribution in [-0.4, -0.2) is 11.5 Å². The van der Waals surface area contributed by atoms with E-state index in [9.17, 15) is 0 Å². The zero-order chi connectivity index (χ0) is 11.0. The van der Waals surface area contributed by atoms with Crippen LogP contribution in [0.5, 0.6) is 0 Å². The van der Waals surface area contributed by atoms with Crippen LogP contribution in [-0.2, 0) is 6.42 Å². The monoisotopic (exact) mass is 322 g/mol. The first-order valence-corrected chi connectivity index (χ1v) is 5.97. The van der Waals surface area contributed by atoms with Gasteiger partial charge in [0, 0.05) is 20.6 Å². The van der Waals surface area contributed by atoms with Gasteiger partial charge >= 0.3 is 0 Å². The first kappa shape index (κ1) is 13.8. The van der Waals surface area contributed by atoms with Crippen molar-refractivity contribution in [2.75, 3.05) is 6.54 Å². The maximum absolute atomic E-state index is 6.03. The summed E-state index contributed by atoms with van der Waals surface area (Å²) in [7, 11) is 0. The molecule has 2 rings (SSSR count). The number of aryl methyl sites for hydroxylation is 1. The number of benzene rings is 1. The lowest BCUT2D eigenvalue weighted by Gasteiger charge is -1.99. The summed E-state index contributed by atoms with van der Waals surface area (Å²) in [5.41, 5.74) is 9.12. The zero-order valence-corrected chi connectivity index (χ0v) is 12.0. The number of hydrogen-bond donors (Lipinski definition) is 2. The smallest absolute Gasteiger partial charge is 0.0604 e. The summed E-state index contributed by atoms with van der Waals surface area (Å²) in [6.07, 6.45) is 0.874. The first-order valence-electron chi connectivity index (χ1n) is 4.79. The summed E-state index contributed by atoms with van der Waals surface area (Å²) < 4.78 is 0.997. The highest BCUT2D eigenvalue weighted by Crippen LogP contribution is 2.31. The van der Waals surface area contributed by atoms with Crippen molar-refractivity contribution in [3.05, 3.63) is 32.9 Å². The molecular formula is C11H13BrCl2N2. The van der Waals surface area contributed by atoms with Crippen LogP contribution in [0.4, 0.5) is 0 Å². The Morgan fingerprint density at radius 1 is 1.44 bits per heavy atom. The van der Waals surface area contributed by atoms with Gasteiger partial charge in [-0.25, -0.2) is 0 Å². The van der Waals surface area contributed by atoms with Gasteiger partial charge < -0.3 is 10.7 Å². The summed E-state index contributed by atoms with van der Waals surface area (Å²) in [5, 5.41) is 1.91. The van der Waals surface area contributed by atoms with E-state index < -0.39 is 0 Å². The Labute approximate surface area is 114 Å². The topological polar surface area (TPSA) is 41.8 Å². The first-order chi connectivity index (χ1) is 7.13. The molecule has 0 aliphatic rings. The van der Waals surface area contributed by atoms with Gasteiger partial charge in [-0.1, -0.05) is 11.6 Å². The van der Waals surface area contributed by atoms with Gasteiger partial charge in [0.2, 0.25) is 0 Å². The quantitative estimate of drug-likeness (QED) is 0.866. The van der Waals surface area contributed by atoms with Crippen molar-refractivity contribution in [1.29, 1.82) is 0 Å². The molecule has 88 valence electrons. The summed E-state index contributed by atoms with van der Waals surface area (Å²) in [6, 6.07) is 3.88. The van der Waals surface area contributed by atoms with Crippen LogP contribution in [0.1, 0.15) is 11.3 Å². The van der Waals surface area contributed by atoms with Gasteiger partial charge in [0.15, 0.2) is 0 Å². The van der Waals surface area contributed by atoms with Gasteiger partial charge in [0.05, 0.1) is 5.52 Å².